The molecule has 1 N–H and O–H groups in total. The van der Waals surface area contributed by atoms with Gasteiger partial charge in [-0.3, -0.25) is 9.59 Å². The van der Waals surface area contributed by atoms with Gasteiger partial charge in [-0.2, -0.15) is 9.90 Å². The fraction of sp³-hybridized carbons (Fsp3) is 0.333. The summed E-state index contributed by atoms with van der Waals surface area (Å²) in [6, 6.07) is 9.33. The molecule has 0 saturated heterocycles. The number of hydrogen-bond acceptors (Lipinski definition) is 4. The van der Waals surface area contributed by atoms with E-state index in [1.165, 1.54) is 15.9 Å². The summed E-state index contributed by atoms with van der Waals surface area (Å²) >= 11 is 0. The number of likely N-dealkylation sites (N-methyl/N-ethyl adjacent to an activating group) is 2. The van der Waals surface area contributed by atoms with Gasteiger partial charge in [0.25, 0.3) is 5.91 Å². The topological polar surface area (TPSA) is 80.1 Å². The van der Waals surface area contributed by atoms with E-state index in [9.17, 15) is 9.59 Å². The van der Waals surface area contributed by atoms with Crippen molar-refractivity contribution in [2.75, 3.05) is 19.6 Å². The smallest absolute Gasteiger partial charge is 0.276 e. The predicted octanol–water partition coefficient (Wildman–Crippen LogP) is 0.865. The zero-order valence-electron chi connectivity index (χ0n) is 12.7. The fourth-order valence-corrected chi connectivity index (χ4v) is 1.96. The van der Waals surface area contributed by atoms with Crippen molar-refractivity contribution in [1.29, 1.82) is 0 Å². The first-order chi connectivity index (χ1) is 10.7. The van der Waals surface area contributed by atoms with Gasteiger partial charge in [0, 0.05) is 13.1 Å². The monoisotopic (exact) mass is 301 g/mol. The van der Waals surface area contributed by atoms with Crippen molar-refractivity contribution in [3.8, 4) is 5.69 Å². The molecule has 0 aliphatic rings. The molecular formula is C15H19N5O2. The molecule has 2 aromatic rings. The van der Waals surface area contributed by atoms with Gasteiger partial charge in [0.05, 0.1) is 18.4 Å². The predicted molar refractivity (Wildman–Crippen MR) is 81.6 cm³/mol. The quantitative estimate of drug-likeness (QED) is 0.858. The van der Waals surface area contributed by atoms with Crippen molar-refractivity contribution in [3.63, 3.8) is 0 Å². The summed E-state index contributed by atoms with van der Waals surface area (Å²) < 4.78 is 0. The maximum absolute atomic E-state index is 12.4. The molecule has 22 heavy (non-hydrogen) atoms. The van der Waals surface area contributed by atoms with Crippen LogP contribution in [0.1, 0.15) is 24.3 Å². The number of amides is 2. The van der Waals surface area contributed by atoms with E-state index in [0.717, 1.165) is 5.69 Å². The highest BCUT2D eigenvalue weighted by Gasteiger charge is 2.20. The van der Waals surface area contributed by atoms with Crippen LogP contribution < -0.4 is 5.32 Å². The van der Waals surface area contributed by atoms with E-state index in [1.54, 1.807) is 0 Å². The Morgan fingerprint density at radius 3 is 2.59 bits per heavy atom. The average Bonchev–Trinajstić information content (AvgIpc) is 3.03. The number of nitrogens with zero attached hydrogens (tertiary/aromatic N) is 4. The molecule has 7 heteroatoms. The summed E-state index contributed by atoms with van der Waals surface area (Å²) in [7, 11) is 0. The van der Waals surface area contributed by atoms with Crippen LogP contribution in [0.2, 0.25) is 0 Å². The molecule has 0 unspecified atom stereocenters. The molecule has 1 heterocycles. The van der Waals surface area contributed by atoms with Crippen LogP contribution in [0.15, 0.2) is 36.5 Å². The number of para-hydroxylation sites is 1. The van der Waals surface area contributed by atoms with E-state index >= 15 is 0 Å². The molecular weight excluding hydrogens is 282 g/mol. The molecule has 1 aromatic carbocycles. The molecule has 7 nitrogen and oxygen atoms in total. The summed E-state index contributed by atoms with van der Waals surface area (Å²) in [4.78, 5) is 26.8. The van der Waals surface area contributed by atoms with Crippen molar-refractivity contribution in [2.45, 2.75) is 13.8 Å². The van der Waals surface area contributed by atoms with Gasteiger partial charge in [0.1, 0.15) is 0 Å². The Labute approximate surface area is 128 Å². The number of carbonyl (C=O) groups is 2. The van der Waals surface area contributed by atoms with Gasteiger partial charge in [0.15, 0.2) is 5.69 Å². The van der Waals surface area contributed by atoms with Crippen molar-refractivity contribution >= 4 is 11.8 Å². The Kier molecular flexibility index (Phi) is 5.24. The summed E-state index contributed by atoms with van der Waals surface area (Å²) in [5.41, 5.74) is 0.989. The van der Waals surface area contributed by atoms with Gasteiger partial charge in [0.2, 0.25) is 5.91 Å². The average molecular weight is 301 g/mol. The second-order valence-electron chi connectivity index (χ2n) is 4.63. The highest BCUT2D eigenvalue weighted by atomic mass is 16.2. The number of benzene rings is 1. The summed E-state index contributed by atoms with van der Waals surface area (Å²) in [5, 5.41) is 11.0. The molecule has 2 rings (SSSR count). The van der Waals surface area contributed by atoms with E-state index in [0.29, 0.717) is 13.1 Å². The third kappa shape index (κ3) is 3.69. The van der Waals surface area contributed by atoms with Gasteiger partial charge < -0.3 is 10.2 Å². The molecule has 0 fully saturated rings. The summed E-state index contributed by atoms with van der Waals surface area (Å²) in [6.45, 7) is 4.63. The number of nitrogens with one attached hydrogen (secondary N) is 1. The van der Waals surface area contributed by atoms with Gasteiger partial charge in [-0.05, 0) is 26.0 Å². The van der Waals surface area contributed by atoms with Crippen molar-refractivity contribution in [2.24, 2.45) is 0 Å². The molecule has 0 aliphatic carbocycles. The van der Waals surface area contributed by atoms with E-state index in [4.69, 9.17) is 0 Å². The molecule has 116 valence electrons. The molecule has 1 aromatic heterocycles. The lowest BCUT2D eigenvalue weighted by Gasteiger charge is -2.18. The molecule has 0 atom stereocenters. The number of aromatic nitrogens is 3. The molecule has 0 radical (unpaired) electrons. The Morgan fingerprint density at radius 2 is 1.95 bits per heavy atom. The normalized spacial score (nSPS) is 10.3. The third-order valence-electron chi connectivity index (χ3n) is 3.08. The summed E-state index contributed by atoms with van der Waals surface area (Å²) in [5.74, 6) is -0.496. The molecule has 0 aliphatic heterocycles. The van der Waals surface area contributed by atoms with Crippen LogP contribution in [0.5, 0.6) is 0 Å². The maximum atomic E-state index is 12.4. The van der Waals surface area contributed by atoms with Crippen molar-refractivity contribution in [1.82, 2.24) is 25.2 Å². The second-order valence-corrected chi connectivity index (χ2v) is 4.63. The van der Waals surface area contributed by atoms with Crippen LogP contribution in [0.25, 0.3) is 5.69 Å². The first-order valence-corrected chi connectivity index (χ1v) is 7.19. The minimum absolute atomic E-state index is 0.0152. The maximum Gasteiger partial charge on any atom is 0.276 e. The van der Waals surface area contributed by atoms with Gasteiger partial charge in [-0.15, -0.1) is 5.10 Å². The largest absolute Gasteiger partial charge is 0.355 e. The highest BCUT2D eigenvalue weighted by molar-refractivity contribution is 5.94. The fourth-order valence-electron chi connectivity index (χ4n) is 1.96. The lowest BCUT2D eigenvalue weighted by atomic mass is 10.3. The third-order valence-corrected chi connectivity index (χ3v) is 3.08. The standard InChI is InChI=1S/C15H19N5O2/c1-3-16-14(21)11-19(4-2)15(22)13-10-17-20(18-13)12-8-6-5-7-9-12/h5-10H,3-4,11H2,1-2H3,(H,16,21). The lowest BCUT2D eigenvalue weighted by molar-refractivity contribution is -0.121. The minimum atomic E-state index is -0.309. The van der Waals surface area contributed by atoms with Crippen LogP contribution in [-0.2, 0) is 4.79 Å². The Hall–Kier alpha value is -2.70. The number of rotatable bonds is 6. The van der Waals surface area contributed by atoms with Gasteiger partial charge >= 0.3 is 0 Å². The number of hydrogen-bond donors (Lipinski definition) is 1. The molecule has 0 bridgehead atoms. The van der Waals surface area contributed by atoms with Crippen molar-refractivity contribution in [3.05, 3.63) is 42.2 Å². The Bertz CT molecular complexity index is 638. The van der Waals surface area contributed by atoms with E-state index in [-0.39, 0.29) is 24.1 Å². The number of carbonyl (C=O) groups excluding carboxylic acids is 2. The first kappa shape index (κ1) is 15.7. The Morgan fingerprint density at radius 1 is 1.23 bits per heavy atom. The molecule has 0 spiro atoms. The van der Waals surface area contributed by atoms with Gasteiger partial charge in [-0.1, -0.05) is 18.2 Å². The zero-order valence-corrected chi connectivity index (χ0v) is 12.7. The van der Waals surface area contributed by atoms with E-state index < -0.39 is 0 Å². The van der Waals surface area contributed by atoms with E-state index in [2.05, 4.69) is 15.5 Å². The Balaban J connectivity index is 2.12. The van der Waals surface area contributed by atoms with Gasteiger partial charge in [-0.25, -0.2) is 0 Å². The van der Waals surface area contributed by atoms with Crippen LogP contribution in [0, 0.1) is 0 Å². The summed E-state index contributed by atoms with van der Waals surface area (Å²) in [6.07, 6.45) is 1.41. The zero-order chi connectivity index (χ0) is 15.9. The minimum Gasteiger partial charge on any atom is -0.355 e. The van der Waals surface area contributed by atoms with Crippen LogP contribution in [-0.4, -0.2) is 51.3 Å². The molecule has 0 saturated carbocycles. The van der Waals surface area contributed by atoms with E-state index in [1.807, 2.05) is 44.2 Å². The van der Waals surface area contributed by atoms with Crippen molar-refractivity contribution < 1.29 is 9.59 Å². The van der Waals surface area contributed by atoms with Crippen LogP contribution in [0.4, 0.5) is 0 Å². The van der Waals surface area contributed by atoms with Crippen LogP contribution >= 0.6 is 0 Å². The first-order valence-electron chi connectivity index (χ1n) is 7.19. The van der Waals surface area contributed by atoms with Crippen LogP contribution in [0.3, 0.4) is 0 Å². The second kappa shape index (κ2) is 7.35. The highest BCUT2D eigenvalue weighted by Crippen LogP contribution is 2.06. The SMILES string of the molecule is CCNC(=O)CN(CC)C(=O)c1cnn(-c2ccccc2)n1. The molecule has 2 amide bonds. The lowest BCUT2D eigenvalue weighted by Crippen LogP contribution is -2.40.